The maximum Gasteiger partial charge on any atom is 0.231 e. The summed E-state index contributed by atoms with van der Waals surface area (Å²) < 4.78 is 1.97. The number of fused-ring (bicyclic) bond motifs is 1. The van der Waals surface area contributed by atoms with Crippen LogP contribution in [0.2, 0.25) is 0 Å². The van der Waals surface area contributed by atoms with Crippen molar-refractivity contribution >= 4 is 55.1 Å². The molecule has 1 atom stereocenters. The van der Waals surface area contributed by atoms with Crippen molar-refractivity contribution in [3.8, 4) is 0 Å². The average molecular weight is 430 g/mol. The van der Waals surface area contributed by atoms with Crippen LogP contribution in [0, 0.1) is 0 Å². The average Bonchev–Trinajstić information content (AvgIpc) is 2.73. The number of amides is 1. The lowest BCUT2D eigenvalue weighted by Crippen LogP contribution is -2.20. The van der Waals surface area contributed by atoms with E-state index in [9.17, 15) is 4.79 Å². The number of alkyl halides is 1. The van der Waals surface area contributed by atoms with Gasteiger partial charge in [0.25, 0.3) is 0 Å². The van der Waals surface area contributed by atoms with Crippen molar-refractivity contribution < 1.29 is 4.79 Å². The third-order valence-corrected chi connectivity index (χ3v) is 5.38. The van der Waals surface area contributed by atoms with Gasteiger partial charge in [-0.3, -0.25) is 4.79 Å². The lowest BCUT2D eigenvalue weighted by molar-refractivity contribution is -0.117. The molecule has 0 radical (unpaired) electrons. The minimum atomic E-state index is -0.251. The van der Waals surface area contributed by atoms with Gasteiger partial charge in [0.1, 0.15) is 0 Å². The first kappa shape index (κ1) is 15.1. The van der Waals surface area contributed by atoms with E-state index in [0.717, 1.165) is 31.3 Å². The molecular weight excluding hydrogens is 417 g/mol. The number of anilines is 1. The van der Waals surface area contributed by atoms with Gasteiger partial charge in [0.05, 0.1) is 11.8 Å². The fourth-order valence-electron chi connectivity index (χ4n) is 2.53. The summed E-state index contributed by atoms with van der Waals surface area (Å²) in [5.74, 6) is 0.123. The van der Waals surface area contributed by atoms with Gasteiger partial charge in [-0.1, -0.05) is 50.1 Å². The molecule has 1 amide bonds. The molecule has 0 spiro atoms. The molecule has 0 fully saturated rings. The summed E-state index contributed by atoms with van der Waals surface area (Å²) in [5.41, 5.74) is 4.03. The number of rotatable bonds is 2. The normalized spacial score (nSPS) is 15.2. The smallest absolute Gasteiger partial charge is 0.231 e. The molecule has 0 saturated carbocycles. The number of likely N-dealkylation sites (N-methyl/N-ethyl adjacent to an activating group) is 1. The maximum atomic E-state index is 11.8. The Morgan fingerprint density at radius 1 is 1.19 bits per heavy atom. The van der Waals surface area contributed by atoms with Crippen molar-refractivity contribution in [1.82, 2.24) is 0 Å². The van der Waals surface area contributed by atoms with Gasteiger partial charge >= 0.3 is 0 Å². The van der Waals surface area contributed by atoms with Crippen molar-refractivity contribution in [2.45, 2.75) is 11.8 Å². The highest BCUT2D eigenvalue weighted by atomic mass is 79.9. The number of halogens is 3. The van der Waals surface area contributed by atoms with Gasteiger partial charge in [0.15, 0.2) is 0 Å². The van der Waals surface area contributed by atoms with E-state index in [-0.39, 0.29) is 11.3 Å². The summed E-state index contributed by atoms with van der Waals surface area (Å²) >= 11 is 13.6. The van der Waals surface area contributed by atoms with Crippen LogP contribution in [0.1, 0.15) is 22.1 Å². The molecule has 5 heteroatoms. The van der Waals surface area contributed by atoms with Crippen molar-refractivity contribution in [3.63, 3.8) is 0 Å². The Morgan fingerprint density at radius 2 is 1.95 bits per heavy atom. The molecule has 1 aliphatic rings. The van der Waals surface area contributed by atoms with Crippen LogP contribution in [-0.4, -0.2) is 13.0 Å². The fraction of sp³-hybridized carbons (Fsp3) is 0.188. The first-order valence-electron chi connectivity index (χ1n) is 6.46. The van der Waals surface area contributed by atoms with Gasteiger partial charge in [0, 0.05) is 21.7 Å². The molecule has 2 nitrogen and oxygen atoms in total. The lowest BCUT2D eigenvalue weighted by Gasteiger charge is -2.15. The van der Waals surface area contributed by atoms with E-state index in [1.165, 1.54) is 0 Å². The standard InChI is InChI=1S/C16H12Br2ClNO/c1-20-14-5-2-9(6-10(14)7-15(20)21)16(19)12-4-3-11(17)8-13(12)18/h2-6,8,16H,7H2,1H3. The van der Waals surface area contributed by atoms with E-state index >= 15 is 0 Å². The number of benzene rings is 2. The zero-order valence-electron chi connectivity index (χ0n) is 11.2. The fourth-order valence-corrected chi connectivity index (χ4v) is 4.27. The number of carbonyl (C=O) groups excluding carboxylic acids is 1. The lowest BCUT2D eigenvalue weighted by atomic mass is 10.0. The van der Waals surface area contributed by atoms with Crippen LogP contribution >= 0.6 is 43.5 Å². The Balaban J connectivity index is 1.98. The Bertz CT molecular complexity index is 732. The first-order valence-corrected chi connectivity index (χ1v) is 8.48. The van der Waals surface area contributed by atoms with Gasteiger partial charge in [0.2, 0.25) is 5.91 Å². The molecule has 3 rings (SSSR count). The monoisotopic (exact) mass is 427 g/mol. The van der Waals surface area contributed by atoms with Crippen molar-refractivity contribution in [3.05, 3.63) is 62.0 Å². The minimum Gasteiger partial charge on any atom is -0.315 e. The van der Waals surface area contributed by atoms with Gasteiger partial charge in [-0.05, 0) is 34.9 Å². The summed E-state index contributed by atoms with van der Waals surface area (Å²) in [6.45, 7) is 0. The quantitative estimate of drug-likeness (QED) is 0.611. The van der Waals surface area contributed by atoms with Crippen molar-refractivity contribution in [2.75, 3.05) is 11.9 Å². The van der Waals surface area contributed by atoms with Crippen molar-refractivity contribution in [1.29, 1.82) is 0 Å². The van der Waals surface area contributed by atoms with Crippen LogP contribution in [0.25, 0.3) is 0 Å². The van der Waals surface area contributed by atoms with E-state index < -0.39 is 0 Å². The summed E-state index contributed by atoms with van der Waals surface area (Å²) in [4.78, 5) is 13.4. The van der Waals surface area contributed by atoms with Gasteiger partial charge in [-0.2, -0.15) is 0 Å². The predicted molar refractivity (Wildman–Crippen MR) is 93.1 cm³/mol. The molecule has 0 saturated heterocycles. The number of hydrogen-bond donors (Lipinski definition) is 0. The Labute approximate surface area is 145 Å². The Kier molecular flexibility index (Phi) is 4.12. The number of carbonyl (C=O) groups is 1. The molecule has 1 aliphatic heterocycles. The first-order chi connectivity index (χ1) is 9.97. The molecule has 21 heavy (non-hydrogen) atoms. The molecule has 0 N–H and O–H groups in total. The van der Waals surface area contributed by atoms with Crippen molar-refractivity contribution in [2.24, 2.45) is 0 Å². The van der Waals surface area contributed by atoms with Crippen LogP contribution < -0.4 is 4.90 Å². The summed E-state index contributed by atoms with van der Waals surface area (Å²) in [6, 6.07) is 11.9. The van der Waals surface area contributed by atoms with E-state index in [0.29, 0.717) is 6.42 Å². The summed E-state index contributed by atoms with van der Waals surface area (Å²) in [7, 11) is 1.80. The topological polar surface area (TPSA) is 20.3 Å². The number of nitrogens with zero attached hydrogens (tertiary/aromatic N) is 1. The predicted octanol–water partition coefficient (Wildman–Crippen LogP) is 5.06. The molecule has 2 aromatic carbocycles. The molecule has 1 heterocycles. The number of hydrogen-bond acceptors (Lipinski definition) is 1. The molecule has 0 aromatic heterocycles. The van der Waals surface area contributed by atoms with Crippen LogP contribution in [0.15, 0.2) is 45.3 Å². The molecule has 0 aliphatic carbocycles. The zero-order chi connectivity index (χ0) is 15.1. The maximum absolute atomic E-state index is 11.8. The zero-order valence-corrected chi connectivity index (χ0v) is 15.2. The second kappa shape index (κ2) is 5.75. The molecule has 108 valence electrons. The van der Waals surface area contributed by atoms with E-state index in [4.69, 9.17) is 11.6 Å². The highest BCUT2D eigenvalue weighted by molar-refractivity contribution is 9.11. The van der Waals surface area contributed by atoms with E-state index in [1.54, 1.807) is 11.9 Å². The van der Waals surface area contributed by atoms with Gasteiger partial charge in [-0.25, -0.2) is 0 Å². The summed E-state index contributed by atoms with van der Waals surface area (Å²) in [5, 5.41) is -0.251. The largest absolute Gasteiger partial charge is 0.315 e. The van der Waals surface area contributed by atoms with Gasteiger partial charge < -0.3 is 4.90 Å². The molecule has 1 unspecified atom stereocenters. The second-order valence-electron chi connectivity index (χ2n) is 5.05. The molecule has 0 bridgehead atoms. The van der Waals surface area contributed by atoms with Crippen LogP contribution in [0.5, 0.6) is 0 Å². The summed E-state index contributed by atoms with van der Waals surface area (Å²) in [6.07, 6.45) is 0.449. The van der Waals surface area contributed by atoms with Crippen LogP contribution in [-0.2, 0) is 11.2 Å². The minimum absolute atomic E-state index is 0.123. The third-order valence-electron chi connectivity index (χ3n) is 3.71. The third kappa shape index (κ3) is 2.77. The Hall–Kier alpha value is -0.840. The highest BCUT2D eigenvalue weighted by Crippen LogP contribution is 2.38. The molecular formula is C16H12Br2ClNO. The van der Waals surface area contributed by atoms with E-state index in [1.807, 2.05) is 36.4 Å². The van der Waals surface area contributed by atoms with Gasteiger partial charge in [-0.15, -0.1) is 11.6 Å². The van der Waals surface area contributed by atoms with Crippen LogP contribution in [0.3, 0.4) is 0 Å². The van der Waals surface area contributed by atoms with Crippen LogP contribution in [0.4, 0.5) is 5.69 Å². The van der Waals surface area contributed by atoms with E-state index in [2.05, 4.69) is 31.9 Å². The highest BCUT2D eigenvalue weighted by Gasteiger charge is 2.25. The Morgan fingerprint density at radius 3 is 2.67 bits per heavy atom. The molecule has 2 aromatic rings. The SMILES string of the molecule is CN1C(=O)Cc2cc(C(Cl)c3ccc(Br)cc3Br)ccc21. The second-order valence-corrected chi connectivity index (χ2v) is 7.25.